The fourth-order valence-electron chi connectivity index (χ4n) is 4.73. The average molecular weight is 595 g/mol. The molecule has 40 heavy (non-hydrogen) atoms. The second-order valence-electron chi connectivity index (χ2n) is 9.23. The number of tetrazole rings is 1. The van der Waals surface area contributed by atoms with Crippen LogP contribution in [0.3, 0.4) is 0 Å². The van der Waals surface area contributed by atoms with E-state index in [0.29, 0.717) is 29.3 Å². The molecule has 2 aromatic rings. The van der Waals surface area contributed by atoms with Crippen molar-refractivity contribution < 1.29 is 23.8 Å². The lowest BCUT2D eigenvalue weighted by Gasteiger charge is -2.31. The van der Waals surface area contributed by atoms with E-state index < -0.39 is 17.9 Å². The molecule has 0 aliphatic carbocycles. The number of dihydropyridines is 1. The molecule has 1 atom stereocenters. The number of aromatic nitrogens is 4. The minimum atomic E-state index is -0.901. The fraction of sp³-hybridized carbons (Fsp3) is 0.500. The first-order valence-corrected chi connectivity index (χ1v) is 13.8. The Hall–Kier alpha value is -3.03. The van der Waals surface area contributed by atoms with Crippen molar-refractivity contribution in [3.05, 3.63) is 62.2 Å². The fourth-order valence-corrected chi connectivity index (χ4v) is 5.15. The third-order valence-electron chi connectivity index (χ3n) is 6.64. The molecule has 0 amide bonds. The van der Waals surface area contributed by atoms with Gasteiger partial charge in [0.1, 0.15) is 6.61 Å². The van der Waals surface area contributed by atoms with Crippen LogP contribution in [0.5, 0.6) is 0 Å². The Balaban J connectivity index is 1.56. The van der Waals surface area contributed by atoms with Crippen LogP contribution in [0.1, 0.15) is 31.2 Å². The van der Waals surface area contributed by atoms with Gasteiger partial charge in [0.15, 0.2) is 5.82 Å². The van der Waals surface area contributed by atoms with Gasteiger partial charge < -0.3 is 24.8 Å². The van der Waals surface area contributed by atoms with E-state index in [1.54, 1.807) is 36.8 Å². The number of hydrogen-bond donors (Lipinski definition) is 2. The number of esters is 2. The zero-order valence-corrected chi connectivity index (χ0v) is 24.2. The molecule has 1 fully saturated rings. The highest BCUT2D eigenvalue weighted by molar-refractivity contribution is 6.42. The molecule has 0 radical (unpaired) electrons. The van der Waals surface area contributed by atoms with E-state index in [0.717, 1.165) is 32.7 Å². The van der Waals surface area contributed by atoms with Crippen molar-refractivity contribution in [2.45, 2.75) is 32.9 Å². The van der Waals surface area contributed by atoms with Gasteiger partial charge in [-0.3, -0.25) is 4.90 Å². The van der Waals surface area contributed by atoms with Gasteiger partial charge in [-0.2, -0.15) is 4.80 Å². The van der Waals surface area contributed by atoms with Crippen LogP contribution in [0, 0.1) is 0 Å². The molecule has 1 aromatic carbocycles. The van der Waals surface area contributed by atoms with Crippen molar-refractivity contribution in [1.82, 2.24) is 35.7 Å². The molecule has 2 N–H and O–H groups in total. The van der Waals surface area contributed by atoms with Crippen LogP contribution in [-0.2, 0) is 37.0 Å². The quantitative estimate of drug-likeness (QED) is 0.371. The Kier molecular flexibility index (Phi) is 10.5. The lowest BCUT2D eigenvalue weighted by molar-refractivity contribution is -0.139. The van der Waals surface area contributed by atoms with Gasteiger partial charge in [-0.25, -0.2) is 9.59 Å². The van der Waals surface area contributed by atoms with Crippen molar-refractivity contribution in [3.8, 4) is 0 Å². The monoisotopic (exact) mass is 593 g/mol. The summed E-state index contributed by atoms with van der Waals surface area (Å²) in [4.78, 5) is 30.1. The van der Waals surface area contributed by atoms with E-state index in [4.69, 9.17) is 37.4 Å². The predicted molar refractivity (Wildman–Crippen MR) is 147 cm³/mol. The highest BCUT2D eigenvalue weighted by Gasteiger charge is 2.40. The number of methoxy groups -OCH3 is 1. The summed E-state index contributed by atoms with van der Waals surface area (Å²) in [6.07, 6.45) is 0. The zero-order valence-electron chi connectivity index (χ0n) is 22.7. The van der Waals surface area contributed by atoms with Gasteiger partial charge in [-0.1, -0.05) is 35.3 Å². The molecule has 2 aliphatic rings. The first kappa shape index (κ1) is 29.9. The molecule has 1 aromatic heterocycles. The van der Waals surface area contributed by atoms with Crippen molar-refractivity contribution >= 4 is 35.1 Å². The molecule has 1 saturated heterocycles. The zero-order chi connectivity index (χ0) is 28.6. The summed E-state index contributed by atoms with van der Waals surface area (Å²) in [5, 5.41) is 19.6. The third kappa shape index (κ3) is 6.99. The van der Waals surface area contributed by atoms with Crippen molar-refractivity contribution in [2.24, 2.45) is 0 Å². The number of ether oxygens (including phenoxy) is 3. The smallest absolute Gasteiger partial charge is 0.336 e. The lowest BCUT2D eigenvalue weighted by Crippen LogP contribution is -2.44. The molecule has 2 aliphatic heterocycles. The maximum Gasteiger partial charge on any atom is 0.336 e. The maximum atomic E-state index is 13.3. The maximum absolute atomic E-state index is 13.3. The van der Waals surface area contributed by atoms with Crippen LogP contribution in [0.25, 0.3) is 0 Å². The molecule has 1 unspecified atom stereocenters. The Morgan fingerprint density at radius 3 is 2.60 bits per heavy atom. The van der Waals surface area contributed by atoms with Gasteiger partial charge in [0.2, 0.25) is 0 Å². The van der Waals surface area contributed by atoms with Gasteiger partial charge in [-0.15, -0.1) is 10.2 Å². The van der Waals surface area contributed by atoms with E-state index >= 15 is 0 Å². The highest BCUT2D eigenvalue weighted by atomic mass is 35.5. The Morgan fingerprint density at radius 1 is 1.10 bits per heavy atom. The summed E-state index contributed by atoms with van der Waals surface area (Å²) in [7, 11) is 1.27. The van der Waals surface area contributed by atoms with Gasteiger partial charge in [0.05, 0.1) is 59.7 Å². The van der Waals surface area contributed by atoms with Gasteiger partial charge in [-0.05, 0) is 30.7 Å². The van der Waals surface area contributed by atoms with Crippen molar-refractivity contribution in [3.63, 3.8) is 0 Å². The summed E-state index contributed by atoms with van der Waals surface area (Å²) in [6, 6.07) is 5.04. The number of halogens is 2. The number of piperazine rings is 1. The van der Waals surface area contributed by atoms with Gasteiger partial charge in [0, 0.05) is 38.4 Å². The number of hydrogen-bond acceptors (Lipinski definition) is 11. The minimum Gasteiger partial charge on any atom is -0.466 e. The normalized spacial score (nSPS) is 18.1. The molecular formula is C26H33Cl2N7O5. The second-order valence-corrected chi connectivity index (χ2v) is 10.0. The summed E-state index contributed by atoms with van der Waals surface area (Å²) < 4.78 is 16.4. The Labute approximate surface area is 242 Å². The van der Waals surface area contributed by atoms with Gasteiger partial charge in [0.25, 0.3) is 0 Å². The van der Waals surface area contributed by atoms with E-state index in [2.05, 4.69) is 30.9 Å². The summed E-state index contributed by atoms with van der Waals surface area (Å²) in [6.45, 7) is 8.96. The SMILES string of the molecule is CCOC(=O)C1=C(COCc2nnn(CCN3CCNCC3)n2)NC(C)=C(C(=O)OC)C1c1cccc(Cl)c1Cl. The van der Waals surface area contributed by atoms with Crippen LogP contribution >= 0.6 is 23.2 Å². The second kappa shape index (κ2) is 14.0. The highest BCUT2D eigenvalue weighted by Crippen LogP contribution is 2.43. The number of carbonyl (C=O) groups is 2. The van der Waals surface area contributed by atoms with Crippen molar-refractivity contribution in [2.75, 3.05) is 53.0 Å². The third-order valence-corrected chi connectivity index (χ3v) is 7.47. The largest absolute Gasteiger partial charge is 0.466 e. The number of nitrogens with one attached hydrogen (secondary N) is 2. The molecule has 12 nitrogen and oxygen atoms in total. The topological polar surface area (TPSA) is 133 Å². The molecule has 14 heteroatoms. The molecule has 0 bridgehead atoms. The van der Waals surface area contributed by atoms with Crippen LogP contribution in [0.2, 0.25) is 10.0 Å². The van der Waals surface area contributed by atoms with E-state index in [1.807, 2.05) is 0 Å². The number of benzene rings is 1. The average Bonchev–Trinajstić information content (AvgIpc) is 3.41. The molecule has 4 rings (SSSR count). The van der Waals surface area contributed by atoms with E-state index in [9.17, 15) is 9.59 Å². The van der Waals surface area contributed by atoms with Crippen LogP contribution in [0.15, 0.2) is 40.7 Å². The lowest BCUT2D eigenvalue weighted by atomic mass is 9.80. The number of allylic oxidation sites excluding steroid dienone is 1. The first-order chi connectivity index (χ1) is 19.3. The number of nitrogens with zero attached hydrogens (tertiary/aromatic N) is 5. The standard InChI is InChI=1S/C26H33Cl2N7O5/c1-4-40-26(37)23-19(14-39-15-20-31-33-35(32-20)13-12-34-10-8-29-9-11-34)30-16(2)21(25(36)38-3)22(23)17-6-5-7-18(27)24(17)28/h5-7,22,29-30H,4,8-15H2,1-3H3. The molecule has 0 saturated carbocycles. The number of carbonyl (C=O) groups excluding carboxylic acids is 2. The molecule has 216 valence electrons. The number of rotatable bonds is 11. The summed E-state index contributed by atoms with van der Waals surface area (Å²) >= 11 is 12.9. The molecule has 3 heterocycles. The van der Waals surface area contributed by atoms with Crippen LogP contribution < -0.4 is 10.6 Å². The summed E-state index contributed by atoms with van der Waals surface area (Å²) in [5.41, 5.74) is 1.74. The Morgan fingerprint density at radius 2 is 1.88 bits per heavy atom. The van der Waals surface area contributed by atoms with Crippen LogP contribution in [-0.4, -0.2) is 90.1 Å². The van der Waals surface area contributed by atoms with Crippen LogP contribution in [0.4, 0.5) is 0 Å². The van der Waals surface area contributed by atoms with Crippen molar-refractivity contribution in [1.29, 1.82) is 0 Å². The molecule has 0 spiro atoms. The van der Waals surface area contributed by atoms with E-state index in [-0.39, 0.29) is 41.0 Å². The summed E-state index contributed by atoms with van der Waals surface area (Å²) in [5.74, 6) is -1.73. The molecular weight excluding hydrogens is 561 g/mol. The predicted octanol–water partition coefficient (Wildman–Crippen LogP) is 2.05. The first-order valence-electron chi connectivity index (χ1n) is 13.0. The minimum absolute atomic E-state index is 0.0239. The van der Waals surface area contributed by atoms with Gasteiger partial charge >= 0.3 is 11.9 Å². The van der Waals surface area contributed by atoms with E-state index in [1.165, 1.54) is 7.11 Å². The Bertz CT molecular complexity index is 1290.